The Bertz CT molecular complexity index is 840. The van der Waals surface area contributed by atoms with Gasteiger partial charge >= 0.3 is 0 Å². The zero-order valence-electron chi connectivity index (χ0n) is 15.1. The van der Waals surface area contributed by atoms with Crippen molar-refractivity contribution in [1.82, 2.24) is 0 Å². The number of carbonyl (C=O) groups excluding carboxylic acids is 2. The molecule has 0 radical (unpaired) electrons. The van der Waals surface area contributed by atoms with Crippen molar-refractivity contribution in [2.75, 3.05) is 30.4 Å². The number of nitrogens with zero attached hydrogens (tertiary/aromatic N) is 1. The maximum Gasteiger partial charge on any atom is 0.279 e. The third-order valence-electron chi connectivity index (χ3n) is 4.49. The van der Waals surface area contributed by atoms with Crippen molar-refractivity contribution < 1.29 is 14.5 Å². The van der Waals surface area contributed by atoms with E-state index in [1.54, 1.807) is 11.0 Å². The van der Waals surface area contributed by atoms with Gasteiger partial charge in [0.05, 0.1) is 17.1 Å². The predicted octanol–water partition coefficient (Wildman–Crippen LogP) is 2.77. The summed E-state index contributed by atoms with van der Waals surface area (Å²) in [5, 5.41) is 3.94. The molecule has 5 nitrogen and oxygen atoms in total. The van der Waals surface area contributed by atoms with Gasteiger partial charge in [-0.25, -0.2) is 0 Å². The molecule has 1 fully saturated rings. The van der Waals surface area contributed by atoms with E-state index in [4.69, 9.17) is 23.2 Å². The summed E-state index contributed by atoms with van der Waals surface area (Å²) in [5.41, 5.74) is 2.62. The van der Waals surface area contributed by atoms with Crippen LogP contribution in [0.5, 0.6) is 0 Å². The number of nitrogens with one attached hydrogen (secondary N) is 2. The van der Waals surface area contributed by atoms with Gasteiger partial charge in [0.15, 0.2) is 6.54 Å². The third kappa shape index (κ3) is 5.22. The summed E-state index contributed by atoms with van der Waals surface area (Å²) >= 11 is 12.0. The van der Waals surface area contributed by atoms with E-state index in [9.17, 15) is 9.59 Å². The van der Waals surface area contributed by atoms with Crippen LogP contribution in [0.15, 0.2) is 42.5 Å². The highest BCUT2D eigenvalue weighted by atomic mass is 35.5. The maximum absolute atomic E-state index is 12.3. The summed E-state index contributed by atoms with van der Waals surface area (Å²) in [6.07, 6.45) is 1.50. The van der Waals surface area contributed by atoms with Gasteiger partial charge in [0, 0.05) is 29.9 Å². The number of carbonyl (C=O) groups is 2. The molecule has 142 valence electrons. The van der Waals surface area contributed by atoms with Crippen molar-refractivity contribution in [2.24, 2.45) is 0 Å². The van der Waals surface area contributed by atoms with Gasteiger partial charge in [0.2, 0.25) is 5.91 Å². The second-order valence-electron chi connectivity index (χ2n) is 6.80. The minimum absolute atomic E-state index is 0.0717. The Labute approximate surface area is 168 Å². The van der Waals surface area contributed by atoms with E-state index < -0.39 is 0 Å². The molecular formula is C20H22Cl2N3O2+. The van der Waals surface area contributed by atoms with E-state index in [0.717, 1.165) is 34.8 Å². The van der Waals surface area contributed by atoms with Crippen molar-refractivity contribution in [1.29, 1.82) is 0 Å². The fourth-order valence-electron chi connectivity index (χ4n) is 3.19. The molecule has 0 aromatic heterocycles. The molecule has 1 heterocycles. The molecule has 3 rings (SSSR count). The minimum Gasteiger partial charge on any atom is -0.326 e. The van der Waals surface area contributed by atoms with Gasteiger partial charge in [-0.2, -0.15) is 0 Å². The van der Waals surface area contributed by atoms with E-state index >= 15 is 0 Å². The minimum atomic E-state index is -0.0717. The molecule has 2 N–H and O–H groups in total. The average Bonchev–Trinajstić information content (AvgIpc) is 3.04. The van der Waals surface area contributed by atoms with Gasteiger partial charge in [-0.05, 0) is 42.8 Å². The Balaban J connectivity index is 1.52. The normalized spacial score (nSPS) is 15.1. The molecule has 1 saturated heterocycles. The van der Waals surface area contributed by atoms with Crippen LogP contribution in [0.2, 0.25) is 10.0 Å². The summed E-state index contributed by atoms with van der Waals surface area (Å²) < 4.78 is 0. The van der Waals surface area contributed by atoms with Crippen LogP contribution in [-0.2, 0) is 16.1 Å². The Morgan fingerprint density at radius 3 is 2.52 bits per heavy atom. The van der Waals surface area contributed by atoms with Crippen molar-refractivity contribution in [3.05, 3.63) is 58.1 Å². The number of hydrogen-bond acceptors (Lipinski definition) is 2. The third-order valence-corrected chi connectivity index (χ3v) is 5.23. The fraction of sp³-hybridized carbons (Fsp3) is 0.300. The van der Waals surface area contributed by atoms with Crippen LogP contribution in [0.3, 0.4) is 0 Å². The smallest absolute Gasteiger partial charge is 0.279 e. The molecule has 0 aliphatic carbocycles. The summed E-state index contributed by atoms with van der Waals surface area (Å²) in [6.45, 7) is 1.75. The number of quaternary nitrogens is 1. The lowest BCUT2D eigenvalue weighted by Crippen LogP contribution is -3.08. The number of halogens is 2. The highest BCUT2D eigenvalue weighted by Crippen LogP contribution is 2.23. The molecule has 2 amide bonds. The molecular weight excluding hydrogens is 385 g/mol. The van der Waals surface area contributed by atoms with Crippen molar-refractivity contribution >= 4 is 46.4 Å². The second kappa shape index (κ2) is 8.74. The topological polar surface area (TPSA) is 53.9 Å². The van der Waals surface area contributed by atoms with Crippen LogP contribution in [0.25, 0.3) is 0 Å². The highest BCUT2D eigenvalue weighted by Gasteiger charge is 2.21. The zero-order valence-corrected chi connectivity index (χ0v) is 16.6. The monoisotopic (exact) mass is 406 g/mol. The van der Waals surface area contributed by atoms with Crippen LogP contribution in [0, 0.1) is 0 Å². The van der Waals surface area contributed by atoms with Crippen molar-refractivity contribution in [3.8, 4) is 0 Å². The number of amides is 2. The van der Waals surface area contributed by atoms with Gasteiger partial charge in [-0.3, -0.25) is 9.59 Å². The maximum atomic E-state index is 12.3. The lowest BCUT2D eigenvalue weighted by Gasteiger charge is -2.17. The molecule has 2 aromatic carbocycles. The fourth-order valence-corrected chi connectivity index (χ4v) is 3.51. The quantitative estimate of drug-likeness (QED) is 0.774. The largest absolute Gasteiger partial charge is 0.326 e. The number of likely N-dealkylation sites (N-methyl/N-ethyl adjacent to an activating group) is 1. The van der Waals surface area contributed by atoms with E-state index in [-0.39, 0.29) is 11.8 Å². The first kappa shape index (κ1) is 19.7. The first-order chi connectivity index (χ1) is 12.9. The molecule has 2 aromatic rings. The number of hydrogen-bond donors (Lipinski definition) is 2. The summed E-state index contributed by atoms with van der Waals surface area (Å²) in [4.78, 5) is 26.9. The van der Waals surface area contributed by atoms with Gasteiger partial charge in [0.25, 0.3) is 5.91 Å². The van der Waals surface area contributed by atoms with Crippen molar-refractivity contribution in [3.63, 3.8) is 0 Å². The average molecular weight is 407 g/mol. The van der Waals surface area contributed by atoms with Crippen LogP contribution >= 0.6 is 23.2 Å². The van der Waals surface area contributed by atoms with Crippen LogP contribution in [-0.4, -0.2) is 32.0 Å². The van der Waals surface area contributed by atoms with Gasteiger partial charge in [0.1, 0.15) is 6.54 Å². The van der Waals surface area contributed by atoms with Gasteiger partial charge < -0.3 is 15.1 Å². The van der Waals surface area contributed by atoms with Gasteiger partial charge in [-0.1, -0.05) is 29.3 Å². The van der Waals surface area contributed by atoms with E-state index in [0.29, 0.717) is 29.6 Å². The van der Waals surface area contributed by atoms with Gasteiger partial charge in [-0.15, -0.1) is 0 Å². The Morgan fingerprint density at radius 1 is 1.15 bits per heavy atom. The van der Waals surface area contributed by atoms with Crippen LogP contribution in [0.4, 0.5) is 11.4 Å². The van der Waals surface area contributed by atoms with E-state index in [2.05, 4.69) is 5.32 Å². The zero-order chi connectivity index (χ0) is 19.4. The molecule has 1 atom stereocenters. The first-order valence-corrected chi connectivity index (χ1v) is 9.63. The lowest BCUT2D eigenvalue weighted by molar-refractivity contribution is -0.885. The molecule has 0 saturated carbocycles. The summed E-state index contributed by atoms with van der Waals surface area (Å²) in [5.74, 6) is 0.0804. The molecule has 1 aliphatic rings. The van der Waals surface area contributed by atoms with Crippen LogP contribution in [0.1, 0.15) is 18.4 Å². The SMILES string of the molecule is C[NH+](CC(=O)Nc1ccc(N2CCCC2=O)cc1)Cc1ccc(Cl)c(Cl)c1. The molecule has 27 heavy (non-hydrogen) atoms. The predicted molar refractivity (Wildman–Crippen MR) is 109 cm³/mol. The van der Waals surface area contributed by atoms with E-state index in [1.807, 2.05) is 43.4 Å². The number of rotatable bonds is 6. The first-order valence-electron chi connectivity index (χ1n) is 8.88. The molecule has 0 bridgehead atoms. The summed E-state index contributed by atoms with van der Waals surface area (Å²) in [6, 6.07) is 12.9. The van der Waals surface area contributed by atoms with E-state index in [1.165, 1.54) is 0 Å². The summed E-state index contributed by atoms with van der Waals surface area (Å²) in [7, 11) is 1.95. The Hall–Kier alpha value is -2.08. The molecule has 7 heteroatoms. The highest BCUT2D eigenvalue weighted by molar-refractivity contribution is 6.42. The Kier molecular flexibility index (Phi) is 6.37. The van der Waals surface area contributed by atoms with Crippen LogP contribution < -0.4 is 15.1 Å². The molecule has 1 aliphatic heterocycles. The van der Waals surface area contributed by atoms with Crippen molar-refractivity contribution in [2.45, 2.75) is 19.4 Å². The number of anilines is 2. The number of benzene rings is 2. The standard InChI is InChI=1S/C20H21Cl2N3O2/c1-24(12-14-4-9-17(21)18(22)11-14)13-19(26)23-15-5-7-16(8-6-15)25-10-2-3-20(25)27/h4-9,11H,2-3,10,12-13H2,1H3,(H,23,26)/p+1. The molecule has 1 unspecified atom stereocenters. The Morgan fingerprint density at radius 2 is 1.89 bits per heavy atom. The second-order valence-corrected chi connectivity index (χ2v) is 7.62. The molecule has 0 spiro atoms. The lowest BCUT2D eigenvalue weighted by atomic mass is 10.2.